The third kappa shape index (κ3) is 14.2. The van der Waals surface area contributed by atoms with Crippen LogP contribution < -0.4 is 22.9 Å². The van der Waals surface area contributed by atoms with Crippen molar-refractivity contribution in [3.63, 3.8) is 0 Å². The quantitative estimate of drug-likeness (QED) is 0.140. The van der Waals surface area contributed by atoms with Crippen molar-refractivity contribution in [3.05, 3.63) is 0 Å². The Hall–Kier alpha value is -1.91. The molecule has 0 aromatic rings. The van der Waals surface area contributed by atoms with Crippen molar-refractivity contribution >= 4 is 17.9 Å². The number of nitrogens with zero attached hydrogens (tertiary/aromatic N) is 1. The zero-order valence-electron chi connectivity index (χ0n) is 11.1. The Morgan fingerprint density at radius 3 is 1.75 bits per heavy atom. The fraction of sp³-hybridized carbons (Fsp3) is 0.700. The first-order chi connectivity index (χ1) is 9.22. The summed E-state index contributed by atoms with van der Waals surface area (Å²) < 4.78 is 0. The van der Waals surface area contributed by atoms with Crippen LogP contribution in [-0.2, 0) is 9.59 Å². The van der Waals surface area contributed by atoms with E-state index in [-0.39, 0.29) is 19.0 Å². The minimum absolute atomic E-state index is 0.0129. The van der Waals surface area contributed by atoms with Crippen molar-refractivity contribution in [1.29, 1.82) is 0 Å². The number of aliphatic imine (C=N–C) groups is 1. The van der Waals surface area contributed by atoms with Crippen LogP contribution in [0.25, 0.3) is 0 Å². The minimum Gasteiger partial charge on any atom is -0.480 e. The molecule has 0 aliphatic rings. The van der Waals surface area contributed by atoms with Crippen LogP contribution in [0.1, 0.15) is 19.3 Å². The largest absolute Gasteiger partial charge is 0.480 e. The number of hydrogen-bond donors (Lipinski definition) is 7. The summed E-state index contributed by atoms with van der Waals surface area (Å²) in [4.78, 5) is 23.7. The normalized spacial score (nSPS) is 12.6. The van der Waals surface area contributed by atoms with Gasteiger partial charge in [-0.15, -0.1) is 0 Å². The monoisotopic (exact) mass is 293 g/mol. The fourth-order valence-electron chi connectivity index (χ4n) is 0.905. The molecular formula is C10H23N5O5. The number of aliphatic hydroxyl groups excluding tert-OH is 1. The molecule has 0 radical (unpaired) electrons. The highest BCUT2D eigenvalue weighted by atomic mass is 16.4. The van der Waals surface area contributed by atoms with Gasteiger partial charge in [-0.3, -0.25) is 14.6 Å². The standard InChI is InChI=1S/C6H14N4O2.C4H9NO3/c7-4(5(11)12)2-1-3-10-6(8)9;5-3(1-2-6)4(7)8/h4H,1-3,7H2,(H,11,12)(H4,8,9,10);3,6H,1-2,5H2,(H,7,8). The van der Waals surface area contributed by atoms with Gasteiger partial charge in [-0.25, -0.2) is 0 Å². The van der Waals surface area contributed by atoms with E-state index >= 15 is 0 Å². The van der Waals surface area contributed by atoms with Gasteiger partial charge >= 0.3 is 11.9 Å². The molecule has 0 rings (SSSR count). The Balaban J connectivity index is 0. The van der Waals surface area contributed by atoms with Gasteiger partial charge in [0.2, 0.25) is 0 Å². The smallest absolute Gasteiger partial charge is 0.320 e. The van der Waals surface area contributed by atoms with E-state index in [9.17, 15) is 9.59 Å². The Bertz CT molecular complexity index is 319. The predicted octanol–water partition coefficient (Wildman–Crippen LogP) is -2.77. The number of rotatable bonds is 8. The van der Waals surface area contributed by atoms with Gasteiger partial charge in [0.15, 0.2) is 5.96 Å². The van der Waals surface area contributed by atoms with Crippen LogP contribution in [0.3, 0.4) is 0 Å². The minimum atomic E-state index is -1.07. The molecule has 0 saturated carbocycles. The molecule has 0 aliphatic carbocycles. The van der Waals surface area contributed by atoms with Crippen LogP contribution in [0.5, 0.6) is 0 Å². The lowest BCUT2D eigenvalue weighted by molar-refractivity contribution is -0.139. The molecule has 2 unspecified atom stereocenters. The molecule has 0 bridgehead atoms. The molecule has 0 saturated heterocycles. The lowest BCUT2D eigenvalue weighted by atomic mass is 10.2. The SMILES string of the molecule is NC(CCO)C(=O)O.NC(N)=NCCCC(N)C(=O)O. The second kappa shape index (κ2) is 12.1. The summed E-state index contributed by atoms with van der Waals surface area (Å²) in [6, 6.07) is -1.74. The van der Waals surface area contributed by atoms with Gasteiger partial charge in [0, 0.05) is 13.2 Å². The van der Waals surface area contributed by atoms with Crippen molar-refractivity contribution in [2.75, 3.05) is 13.2 Å². The number of nitrogens with two attached hydrogens (primary N) is 4. The van der Waals surface area contributed by atoms with E-state index < -0.39 is 24.0 Å². The van der Waals surface area contributed by atoms with E-state index in [0.717, 1.165) is 0 Å². The van der Waals surface area contributed by atoms with Crippen LogP contribution in [0.4, 0.5) is 0 Å². The first kappa shape index (κ1) is 20.4. The molecule has 10 heteroatoms. The lowest BCUT2D eigenvalue weighted by Gasteiger charge is -2.03. The second-order valence-electron chi connectivity index (χ2n) is 3.85. The van der Waals surface area contributed by atoms with Gasteiger partial charge in [-0.2, -0.15) is 0 Å². The summed E-state index contributed by atoms with van der Waals surface area (Å²) in [6.45, 7) is 0.247. The molecule has 11 N–H and O–H groups in total. The Morgan fingerprint density at radius 2 is 1.45 bits per heavy atom. The maximum absolute atomic E-state index is 10.2. The van der Waals surface area contributed by atoms with E-state index in [2.05, 4.69) is 4.99 Å². The fourth-order valence-corrected chi connectivity index (χ4v) is 0.905. The molecule has 0 spiro atoms. The number of hydrogen-bond acceptors (Lipinski definition) is 6. The first-order valence-electron chi connectivity index (χ1n) is 5.85. The Kier molecular flexibility index (Phi) is 12.4. The molecule has 0 heterocycles. The van der Waals surface area contributed by atoms with Crippen molar-refractivity contribution in [3.8, 4) is 0 Å². The van der Waals surface area contributed by atoms with Gasteiger partial charge in [-0.05, 0) is 19.3 Å². The van der Waals surface area contributed by atoms with Gasteiger partial charge < -0.3 is 38.3 Å². The molecule has 10 nitrogen and oxygen atoms in total. The summed E-state index contributed by atoms with van der Waals surface area (Å²) >= 11 is 0. The van der Waals surface area contributed by atoms with E-state index in [0.29, 0.717) is 19.4 Å². The third-order valence-corrected chi connectivity index (χ3v) is 2.04. The van der Waals surface area contributed by atoms with E-state index in [1.807, 2.05) is 0 Å². The van der Waals surface area contributed by atoms with E-state index in [1.54, 1.807) is 0 Å². The summed E-state index contributed by atoms with van der Waals surface area (Å²) in [5.41, 5.74) is 20.3. The summed E-state index contributed by atoms with van der Waals surface area (Å²) in [6.07, 6.45) is 1.08. The van der Waals surface area contributed by atoms with Gasteiger partial charge in [0.05, 0.1) is 0 Å². The number of carbonyl (C=O) groups is 2. The predicted molar refractivity (Wildman–Crippen MR) is 72.8 cm³/mol. The second-order valence-corrected chi connectivity index (χ2v) is 3.85. The number of carboxylic acids is 2. The van der Waals surface area contributed by atoms with Crippen LogP contribution in [-0.4, -0.2) is 58.5 Å². The Labute approximate surface area is 116 Å². The Morgan fingerprint density at radius 1 is 1.00 bits per heavy atom. The summed E-state index contributed by atoms with van der Waals surface area (Å²) in [5.74, 6) is -2.06. The van der Waals surface area contributed by atoms with Crippen LogP contribution >= 0.6 is 0 Å². The molecule has 118 valence electrons. The molecule has 0 aliphatic heterocycles. The number of aliphatic hydroxyl groups is 1. The van der Waals surface area contributed by atoms with Crippen LogP contribution in [0.2, 0.25) is 0 Å². The highest BCUT2D eigenvalue weighted by Crippen LogP contribution is 1.94. The molecule has 0 aromatic heterocycles. The summed E-state index contributed by atoms with van der Waals surface area (Å²) in [5, 5.41) is 24.6. The molecule has 2 atom stereocenters. The summed E-state index contributed by atoms with van der Waals surface area (Å²) in [7, 11) is 0. The van der Waals surface area contributed by atoms with Crippen molar-refractivity contribution in [2.24, 2.45) is 27.9 Å². The topological polar surface area (TPSA) is 211 Å². The van der Waals surface area contributed by atoms with Crippen molar-refractivity contribution in [2.45, 2.75) is 31.3 Å². The van der Waals surface area contributed by atoms with E-state index in [1.165, 1.54) is 0 Å². The maximum Gasteiger partial charge on any atom is 0.320 e. The van der Waals surface area contributed by atoms with Gasteiger partial charge in [0.1, 0.15) is 12.1 Å². The van der Waals surface area contributed by atoms with Gasteiger partial charge in [0.25, 0.3) is 0 Å². The number of guanidine groups is 1. The first-order valence-corrected chi connectivity index (χ1v) is 5.85. The molecular weight excluding hydrogens is 270 g/mol. The average Bonchev–Trinajstić information content (AvgIpc) is 2.34. The third-order valence-electron chi connectivity index (χ3n) is 2.04. The average molecular weight is 293 g/mol. The molecule has 0 amide bonds. The number of carboxylic acid groups (broad SMARTS) is 2. The molecule has 0 aromatic carbocycles. The zero-order valence-corrected chi connectivity index (χ0v) is 11.1. The zero-order chi connectivity index (χ0) is 16.1. The maximum atomic E-state index is 10.2. The van der Waals surface area contributed by atoms with Crippen LogP contribution in [0, 0.1) is 0 Å². The lowest BCUT2D eigenvalue weighted by Crippen LogP contribution is -2.30. The molecule has 0 fully saturated rings. The van der Waals surface area contributed by atoms with E-state index in [4.69, 9.17) is 38.3 Å². The number of aliphatic carboxylic acids is 2. The van der Waals surface area contributed by atoms with Crippen molar-refractivity contribution in [1.82, 2.24) is 0 Å². The van der Waals surface area contributed by atoms with Crippen molar-refractivity contribution < 1.29 is 24.9 Å². The van der Waals surface area contributed by atoms with Gasteiger partial charge in [-0.1, -0.05) is 0 Å². The highest BCUT2D eigenvalue weighted by Gasteiger charge is 2.09. The highest BCUT2D eigenvalue weighted by molar-refractivity contribution is 5.75. The molecule has 20 heavy (non-hydrogen) atoms. The van der Waals surface area contributed by atoms with Crippen LogP contribution in [0.15, 0.2) is 4.99 Å².